The highest BCUT2D eigenvalue weighted by Crippen LogP contribution is 2.42. The molecule has 0 radical (unpaired) electrons. The van der Waals surface area contributed by atoms with E-state index in [2.05, 4.69) is 16.3 Å². The van der Waals surface area contributed by atoms with Gasteiger partial charge >= 0.3 is 0 Å². The fraction of sp³-hybridized carbons (Fsp3) is 0.667. The maximum absolute atomic E-state index is 12.8. The van der Waals surface area contributed by atoms with Crippen LogP contribution in [-0.4, -0.2) is 35.9 Å². The number of hydrogen-bond donors (Lipinski definition) is 1. The van der Waals surface area contributed by atoms with Gasteiger partial charge in [0.15, 0.2) is 0 Å². The zero-order valence-electron chi connectivity index (χ0n) is 17.9. The molecular weight excluding hydrogens is 364 g/mol. The van der Waals surface area contributed by atoms with Gasteiger partial charge in [-0.1, -0.05) is 45.7 Å². The number of carbonyl (C=O) groups is 2. The molecule has 2 amide bonds. The molecule has 4 rings (SSSR count). The Morgan fingerprint density at radius 1 is 1.14 bits per heavy atom. The molecule has 5 heteroatoms. The van der Waals surface area contributed by atoms with Crippen molar-refractivity contribution < 1.29 is 14.3 Å². The summed E-state index contributed by atoms with van der Waals surface area (Å²) in [6, 6.07) is 8.02. The normalized spacial score (nSPS) is 27.7. The number of nitrogens with zero attached hydrogens (tertiary/aromatic N) is 1. The van der Waals surface area contributed by atoms with Crippen molar-refractivity contribution in [2.45, 2.75) is 71.5 Å². The number of rotatable bonds is 3. The molecule has 1 N–H and O–H groups in total. The van der Waals surface area contributed by atoms with Crippen LogP contribution < -0.4 is 5.32 Å². The third-order valence-electron chi connectivity index (χ3n) is 6.73. The van der Waals surface area contributed by atoms with Gasteiger partial charge < -0.3 is 15.0 Å². The van der Waals surface area contributed by atoms with Gasteiger partial charge in [0.25, 0.3) is 0 Å². The average molecular weight is 399 g/mol. The molecule has 1 aromatic rings. The number of hydrogen-bond acceptors (Lipinski definition) is 3. The van der Waals surface area contributed by atoms with Crippen LogP contribution in [0.5, 0.6) is 0 Å². The Morgan fingerprint density at radius 3 is 2.62 bits per heavy atom. The molecule has 1 saturated carbocycles. The lowest BCUT2D eigenvalue weighted by Gasteiger charge is -2.35. The molecule has 29 heavy (non-hydrogen) atoms. The second kappa shape index (κ2) is 8.10. The number of carbonyl (C=O) groups excluding carboxylic acids is 2. The van der Waals surface area contributed by atoms with Crippen LogP contribution >= 0.6 is 0 Å². The predicted octanol–water partition coefficient (Wildman–Crippen LogP) is 4.54. The average Bonchev–Trinajstić information content (AvgIpc) is 3.36. The minimum absolute atomic E-state index is 0.0109. The Morgan fingerprint density at radius 2 is 1.90 bits per heavy atom. The summed E-state index contributed by atoms with van der Waals surface area (Å²) in [4.78, 5) is 27.2. The minimum Gasteiger partial charge on any atom is -0.370 e. The summed E-state index contributed by atoms with van der Waals surface area (Å²) in [7, 11) is 0. The standard InChI is InChI=1S/C24H34N2O3/c1-24(2,3)23(28)25-19-10-6-9-17(13-19)21-14-18-15-26(12-11-20(18)29-21)22(27)16-7-4-5-8-16/h6,9-10,13,16,18,20-21H,4-5,7-8,11-12,14-15H2,1-3H3,(H,25,28)/t18-,20+,21+/m1/s1. The van der Waals surface area contributed by atoms with Gasteiger partial charge in [-0.05, 0) is 43.4 Å². The lowest BCUT2D eigenvalue weighted by molar-refractivity contribution is -0.138. The van der Waals surface area contributed by atoms with E-state index < -0.39 is 5.41 Å². The number of anilines is 1. The van der Waals surface area contributed by atoms with E-state index in [4.69, 9.17) is 4.74 Å². The monoisotopic (exact) mass is 398 g/mol. The van der Waals surface area contributed by atoms with Crippen LogP contribution in [0.15, 0.2) is 24.3 Å². The van der Waals surface area contributed by atoms with Crippen LogP contribution in [0.25, 0.3) is 0 Å². The van der Waals surface area contributed by atoms with Crippen molar-refractivity contribution in [1.29, 1.82) is 0 Å². The molecule has 3 atom stereocenters. The zero-order chi connectivity index (χ0) is 20.6. The molecule has 3 fully saturated rings. The number of piperidine rings is 1. The summed E-state index contributed by atoms with van der Waals surface area (Å²) in [5.74, 6) is 1.05. The Labute approximate surface area is 174 Å². The van der Waals surface area contributed by atoms with Crippen molar-refractivity contribution in [3.05, 3.63) is 29.8 Å². The van der Waals surface area contributed by atoms with Crippen LogP contribution in [0.4, 0.5) is 5.69 Å². The molecule has 2 aliphatic heterocycles. The second-order valence-electron chi connectivity index (χ2n) is 10.0. The van der Waals surface area contributed by atoms with Crippen LogP contribution in [0.1, 0.15) is 71.0 Å². The van der Waals surface area contributed by atoms with E-state index in [1.54, 1.807) is 0 Å². The third-order valence-corrected chi connectivity index (χ3v) is 6.73. The number of amides is 2. The van der Waals surface area contributed by atoms with E-state index in [1.165, 1.54) is 12.8 Å². The van der Waals surface area contributed by atoms with E-state index in [0.29, 0.717) is 11.8 Å². The van der Waals surface area contributed by atoms with Gasteiger partial charge in [-0.25, -0.2) is 0 Å². The van der Waals surface area contributed by atoms with Crippen molar-refractivity contribution in [1.82, 2.24) is 4.90 Å². The van der Waals surface area contributed by atoms with Gasteiger partial charge in [0.05, 0.1) is 12.2 Å². The summed E-state index contributed by atoms with van der Waals surface area (Å²) in [5, 5.41) is 3.01. The number of nitrogens with one attached hydrogen (secondary N) is 1. The van der Waals surface area contributed by atoms with Crippen molar-refractivity contribution in [3.8, 4) is 0 Å². The highest BCUT2D eigenvalue weighted by molar-refractivity contribution is 5.94. The summed E-state index contributed by atoms with van der Waals surface area (Å²) >= 11 is 0. The Hall–Kier alpha value is -1.88. The molecular formula is C24H34N2O3. The molecule has 1 aromatic carbocycles. The van der Waals surface area contributed by atoms with E-state index >= 15 is 0 Å². The van der Waals surface area contributed by atoms with E-state index in [9.17, 15) is 9.59 Å². The molecule has 2 saturated heterocycles. The first-order chi connectivity index (χ1) is 13.8. The van der Waals surface area contributed by atoms with Gasteiger partial charge in [0, 0.05) is 36.0 Å². The van der Waals surface area contributed by atoms with E-state index in [0.717, 1.165) is 50.0 Å². The summed E-state index contributed by atoms with van der Waals surface area (Å²) in [6.07, 6.45) is 6.67. The first kappa shape index (κ1) is 20.4. The molecule has 1 aliphatic carbocycles. The van der Waals surface area contributed by atoms with Crippen molar-refractivity contribution >= 4 is 17.5 Å². The highest BCUT2D eigenvalue weighted by atomic mass is 16.5. The van der Waals surface area contributed by atoms with Crippen LogP contribution in [0, 0.1) is 17.3 Å². The number of benzene rings is 1. The van der Waals surface area contributed by atoms with Crippen molar-refractivity contribution in [2.75, 3.05) is 18.4 Å². The maximum Gasteiger partial charge on any atom is 0.229 e. The molecule has 2 heterocycles. The Balaban J connectivity index is 1.39. The van der Waals surface area contributed by atoms with Crippen molar-refractivity contribution in [3.63, 3.8) is 0 Å². The second-order valence-corrected chi connectivity index (χ2v) is 10.0. The minimum atomic E-state index is -0.426. The largest absolute Gasteiger partial charge is 0.370 e. The quantitative estimate of drug-likeness (QED) is 0.813. The molecule has 0 unspecified atom stereocenters. The Bertz CT molecular complexity index is 764. The number of likely N-dealkylation sites (tertiary alicyclic amines) is 1. The summed E-state index contributed by atoms with van der Waals surface area (Å²) < 4.78 is 6.38. The predicted molar refractivity (Wildman–Crippen MR) is 113 cm³/mol. The van der Waals surface area contributed by atoms with Gasteiger partial charge in [0.2, 0.25) is 11.8 Å². The molecule has 0 spiro atoms. The van der Waals surface area contributed by atoms with Gasteiger partial charge in [-0.3, -0.25) is 9.59 Å². The Kier molecular flexibility index (Phi) is 5.69. The van der Waals surface area contributed by atoms with Gasteiger partial charge in [-0.2, -0.15) is 0 Å². The lowest BCUT2D eigenvalue weighted by atomic mass is 9.90. The first-order valence-corrected chi connectivity index (χ1v) is 11.2. The third kappa shape index (κ3) is 4.50. The first-order valence-electron chi connectivity index (χ1n) is 11.2. The van der Waals surface area contributed by atoms with Crippen LogP contribution in [-0.2, 0) is 14.3 Å². The molecule has 5 nitrogen and oxygen atoms in total. The smallest absolute Gasteiger partial charge is 0.229 e. The molecule has 3 aliphatic rings. The lowest BCUT2D eigenvalue weighted by Crippen LogP contribution is -2.46. The molecule has 0 aromatic heterocycles. The maximum atomic E-state index is 12.8. The fourth-order valence-electron chi connectivity index (χ4n) is 4.94. The highest BCUT2D eigenvalue weighted by Gasteiger charge is 2.41. The fourth-order valence-corrected chi connectivity index (χ4v) is 4.94. The van der Waals surface area contributed by atoms with E-state index in [1.807, 2.05) is 39.0 Å². The van der Waals surface area contributed by atoms with Gasteiger partial charge in [-0.15, -0.1) is 0 Å². The van der Waals surface area contributed by atoms with Crippen LogP contribution in [0.3, 0.4) is 0 Å². The molecule has 0 bridgehead atoms. The SMILES string of the molecule is CC(C)(C)C(=O)Nc1cccc([C@@H]2C[C@@H]3CN(C(=O)C4CCCC4)CC[C@@H]3O2)c1. The molecule has 158 valence electrons. The summed E-state index contributed by atoms with van der Waals surface area (Å²) in [6.45, 7) is 7.39. The van der Waals surface area contributed by atoms with Crippen molar-refractivity contribution in [2.24, 2.45) is 17.3 Å². The number of fused-ring (bicyclic) bond motifs is 1. The van der Waals surface area contributed by atoms with Gasteiger partial charge in [0.1, 0.15) is 0 Å². The summed E-state index contributed by atoms with van der Waals surface area (Å²) in [5.41, 5.74) is 1.50. The van der Waals surface area contributed by atoms with E-state index in [-0.39, 0.29) is 24.0 Å². The van der Waals surface area contributed by atoms with Crippen LogP contribution in [0.2, 0.25) is 0 Å². The zero-order valence-corrected chi connectivity index (χ0v) is 17.9. The topological polar surface area (TPSA) is 58.6 Å². The number of ether oxygens (including phenoxy) is 1.